The van der Waals surface area contributed by atoms with Gasteiger partial charge >= 0.3 is 5.97 Å². The van der Waals surface area contributed by atoms with Gasteiger partial charge in [-0.2, -0.15) is 0 Å². The van der Waals surface area contributed by atoms with Crippen molar-refractivity contribution >= 4 is 27.6 Å². The molecule has 0 radical (unpaired) electrons. The van der Waals surface area contributed by atoms with Gasteiger partial charge in [-0.25, -0.2) is 17.9 Å². The van der Waals surface area contributed by atoms with Gasteiger partial charge < -0.3 is 10.4 Å². The number of rotatable bonds is 7. The van der Waals surface area contributed by atoms with Crippen LogP contribution >= 0.6 is 0 Å². The minimum atomic E-state index is -3.61. The maximum absolute atomic E-state index is 12.3. The van der Waals surface area contributed by atoms with E-state index in [0.717, 1.165) is 0 Å². The average molecular weight is 390 g/mol. The minimum absolute atomic E-state index is 0.0846. The van der Waals surface area contributed by atoms with Crippen molar-refractivity contribution in [1.82, 2.24) is 4.72 Å². The third-order valence-electron chi connectivity index (χ3n) is 3.82. The molecule has 0 spiro atoms. The fraction of sp³-hybridized carbons (Fsp3) is 0.263. The molecule has 0 aliphatic carbocycles. The highest BCUT2D eigenvalue weighted by atomic mass is 32.2. The Morgan fingerprint density at radius 2 is 1.70 bits per heavy atom. The Morgan fingerprint density at radius 3 is 2.22 bits per heavy atom. The summed E-state index contributed by atoms with van der Waals surface area (Å²) in [4.78, 5) is 23.4. The number of sulfonamides is 1. The van der Waals surface area contributed by atoms with Gasteiger partial charge in [-0.15, -0.1) is 0 Å². The first-order valence-corrected chi connectivity index (χ1v) is 9.83. The standard InChI is InChI=1S/C19H22N2O5S/c1-12(2)11-20-27(25,26)16-7-4-14(5-8-16)18(22)21-15-6-9-17(19(23)24)13(3)10-15/h4-10,12,20H,11H2,1-3H3,(H,21,22)(H,23,24). The Balaban J connectivity index is 2.12. The number of anilines is 1. The molecule has 0 unspecified atom stereocenters. The zero-order valence-corrected chi connectivity index (χ0v) is 16.1. The number of carbonyl (C=O) groups is 2. The molecule has 2 rings (SSSR count). The van der Waals surface area contributed by atoms with Gasteiger partial charge in [-0.3, -0.25) is 4.79 Å². The minimum Gasteiger partial charge on any atom is -0.478 e. The van der Waals surface area contributed by atoms with Crippen molar-refractivity contribution in [3.8, 4) is 0 Å². The van der Waals surface area contributed by atoms with Gasteiger partial charge in [0.1, 0.15) is 0 Å². The lowest BCUT2D eigenvalue weighted by atomic mass is 10.1. The second-order valence-corrected chi connectivity index (χ2v) is 8.33. The fourth-order valence-electron chi connectivity index (χ4n) is 2.33. The van der Waals surface area contributed by atoms with Crippen molar-refractivity contribution in [2.45, 2.75) is 25.7 Å². The molecule has 0 aromatic heterocycles. The molecular weight excluding hydrogens is 368 g/mol. The van der Waals surface area contributed by atoms with Gasteiger partial charge in [0.15, 0.2) is 0 Å². The zero-order chi connectivity index (χ0) is 20.2. The molecule has 3 N–H and O–H groups in total. The van der Waals surface area contributed by atoms with Crippen molar-refractivity contribution in [3.05, 3.63) is 59.2 Å². The number of benzene rings is 2. The summed E-state index contributed by atoms with van der Waals surface area (Å²) >= 11 is 0. The lowest BCUT2D eigenvalue weighted by Gasteiger charge is -2.10. The lowest BCUT2D eigenvalue weighted by Crippen LogP contribution is -2.27. The lowest BCUT2D eigenvalue weighted by molar-refractivity contribution is 0.0696. The molecular formula is C19H22N2O5S. The SMILES string of the molecule is Cc1cc(NC(=O)c2ccc(S(=O)(=O)NCC(C)C)cc2)ccc1C(=O)O. The van der Waals surface area contributed by atoms with Crippen LogP contribution in [0.15, 0.2) is 47.4 Å². The Hall–Kier alpha value is -2.71. The van der Waals surface area contributed by atoms with Crippen LogP contribution in [0, 0.1) is 12.8 Å². The van der Waals surface area contributed by atoms with Crippen molar-refractivity contribution < 1.29 is 23.1 Å². The Kier molecular flexibility index (Phi) is 6.35. The predicted molar refractivity (Wildman–Crippen MR) is 103 cm³/mol. The zero-order valence-electron chi connectivity index (χ0n) is 15.3. The van der Waals surface area contributed by atoms with E-state index in [1.54, 1.807) is 13.0 Å². The number of carboxylic acid groups (broad SMARTS) is 1. The number of amides is 1. The van der Waals surface area contributed by atoms with Crippen LogP contribution in [0.1, 0.15) is 40.1 Å². The van der Waals surface area contributed by atoms with Crippen molar-refractivity contribution in [2.24, 2.45) is 5.92 Å². The van der Waals surface area contributed by atoms with Crippen LogP contribution in [0.5, 0.6) is 0 Å². The molecule has 0 heterocycles. The molecule has 144 valence electrons. The van der Waals surface area contributed by atoms with E-state index in [4.69, 9.17) is 5.11 Å². The largest absolute Gasteiger partial charge is 0.478 e. The topological polar surface area (TPSA) is 113 Å². The molecule has 27 heavy (non-hydrogen) atoms. The van der Waals surface area contributed by atoms with Crippen LogP contribution in [-0.4, -0.2) is 31.9 Å². The van der Waals surface area contributed by atoms with Crippen molar-refractivity contribution in [3.63, 3.8) is 0 Å². The highest BCUT2D eigenvalue weighted by molar-refractivity contribution is 7.89. The Morgan fingerprint density at radius 1 is 1.07 bits per heavy atom. The molecule has 0 saturated heterocycles. The number of carbonyl (C=O) groups excluding carboxylic acids is 1. The summed E-state index contributed by atoms with van der Waals surface area (Å²) < 4.78 is 26.9. The number of aromatic carboxylic acids is 1. The van der Waals surface area contributed by atoms with E-state index in [1.165, 1.54) is 36.4 Å². The summed E-state index contributed by atoms with van der Waals surface area (Å²) in [5.74, 6) is -1.27. The molecule has 0 aliphatic rings. The van der Waals surface area contributed by atoms with Crippen molar-refractivity contribution in [1.29, 1.82) is 0 Å². The molecule has 2 aromatic rings. The normalized spacial score (nSPS) is 11.4. The van der Waals surface area contributed by atoms with Crippen molar-refractivity contribution in [2.75, 3.05) is 11.9 Å². The summed E-state index contributed by atoms with van der Waals surface area (Å²) in [6.07, 6.45) is 0. The van der Waals surface area contributed by atoms with E-state index < -0.39 is 21.9 Å². The third kappa shape index (κ3) is 5.38. The maximum atomic E-state index is 12.3. The van der Waals surface area contributed by atoms with E-state index in [9.17, 15) is 18.0 Å². The van der Waals surface area contributed by atoms with Gasteiger partial charge in [-0.1, -0.05) is 13.8 Å². The summed E-state index contributed by atoms with van der Waals surface area (Å²) in [7, 11) is -3.61. The van der Waals surface area contributed by atoms with E-state index in [2.05, 4.69) is 10.0 Å². The molecule has 0 aliphatic heterocycles. The van der Waals surface area contributed by atoms with Crippen LogP contribution in [0.25, 0.3) is 0 Å². The van der Waals surface area contributed by atoms with E-state index in [1.807, 2.05) is 13.8 Å². The second kappa shape index (κ2) is 8.32. The van der Waals surface area contributed by atoms with E-state index >= 15 is 0 Å². The maximum Gasteiger partial charge on any atom is 0.335 e. The number of nitrogens with one attached hydrogen (secondary N) is 2. The summed E-state index contributed by atoms with van der Waals surface area (Å²) in [5, 5.41) is 11.7. The molecule has 2 aromatic carbocycles. The molecule has 8 heteroatoms. The third-order valence-corrected chi connectivity index (χ3v) is 5.26. The highest BCUT2D eigenvalue weighted by Crippen LogP contribution is 2.17. The van der Waals surface area contributed by atoms with E-state index in [-0.39, 0.29) is 21.9 Å². The van der Waals surface area contributed by atoms with Crippen LogP contribution in [0.2, 0.25) is 0 Å². The Labute approximate surface area is 158 Å². The number of hydrogen-bond acceptors (Lipinski definition) is 4. The molecule has 0 atom stereocenters. The average Bonchev–Trinajstić information content (AvgIpc) is 2.60. The van der Waals surface area contributed by atoms with Crippen LogP contribution in [-0.2, 0) is 10.0 Å². The number of aryl methyl sites for hydroxylation is 1. The highest BCUT2D eigenvalue weighted by Gasteiger charge is 2.15. The smallest absolute Gasteiger partial charge is 0.335 e. The first kappa shape index (κ1) is 20.6. The second-order valence-electron chi connectivity index (χ2n) is 6.56. The van der Waals surface area contributed by atoms with Gasteiger partial charge in [0.2, 0.25) is 10.0 Å². The van der Waals surface area contributed by atoms with Gasteiger partial charge in [0.25, 0.3) is 5.91 Å². The quantitative estimate of drug-likeness (QED) is 0.673. The first-order valence-electron chi connectivity index (χ1n) is 8.35. The fourth-order valence-corrected chi connectivity index (χ4v) is 3.54. The molecule has 0 saturated carbocycles. The van der Waals surface area contributed by atoms with Gasteiger partial charge in [0, 0.05) is 17.8 Å². The van der Waals surface area contributed by atoms with Crippen LogP contribution in [0.4, 0.5) is 5.69 Å². The predicted octanol–water partition coefficient (Wildman–Crippen LogP) is 2.88. The monoisotopic (exact) mass is 390 g/mol. The number of hydrogen-bond donors (Lipinski definition) is 3. The Bertz CT molecular complexity index is 951. The molecule has 0 fully saturated rings. The molecule has 1 amide bonds. The number of carboxylic acids is 1. The summed E-state index contributed by atoms with van der Waals surface area (Å²) in [5.41, 5.74) is 1.44. The van der Waals surface area contributed by atoms with Gasteiger partial charge in [0.05, 0.1) is 10.5 Å². The summed E-state index contributed by atoms with van der Waals surface area (Å²) in [6, 6.07) is 10.1. The molecule has 7 nitrogen and oxygen atoms in total. The summed E-state index contributed by atoms with van der Waals surface area (Å²) in [6.45, 7) is 5.78. The first-order chi connectivity index (χ1) is 12.6. The van der Waals surface area contributed by atoms with Gasteiger partial charge in [-0.05, 0) is 60.9 Å². The van der Waals surface area contributed by atoms with E-state index in [0.29, 0.717) is 17.8 Å². The van der Waals surface area contributed by atoms with Crippen LogP contribution < -0.4 is 10.0 Å². The molecule has 0 bridgehead atoms. The van der Waals surface area contributed by atoms with Crippen LogP contribution in [0.3, 0.4) is 0 Å².